The van der Waals surface area contributed by atoms with Gasteiger partial charge in [0, 0.05) is 10.4 Å². The molecule has 0 saturated carbocycles. The second-order valence-corrected chi connectivity index (χ2v) is 4.88. The van der Waals surface area contributed by atoms with Crippen molar-refractivity contribution < 1.29 is 4.74 Å². The minimum absolute atomic E-state index is 0.667. The van der Waals surface area contributed by atoms with Gasteiger partial charge in [0.25, 0.3) is 0 Å². The van der Waals surface area contributed by atoms with E-state index in [2.05, 4.69) is 4.98 Å². The summed E-state index contributed by atoms with van der Waals surface area (Å²) in [7, 11) is 1.67. The van der Waals surface area contributed by atoms with Crippen LogP contribution in [-0.4, -0.2) is 18.6 Å². The van der Waals surface area contributed by atoms with Crippen molar-refractivity contribution in [3.05, 3.63) is 34.8 Å². The molecule has 2 aromatic rings. The van der Waals surface area contributed by atoms with Gasteiger partial charge in [-0.05, 0) is 32.0 Å². The van der Waals surface area contributed by atoms with Crippen molar-refractivity contribution in [3.8, 4) is 16.3 Å². The fourth-order valence-electron chi connectivity index (χ4n) is 1.67. The molecule has 0 radical (unpaired) electrons. The molecule has 4 heteroatoms. The van der Waals surface area contributed by atoms with Gasteiger partial charge in [0.2, 0.25) is 0 Å². The van der Waals surface area contributed by atoms with Gasteiger partial charge in [0.15, 0.2) is 0 Å². The Bertz CT molecular complexity index is 508. The maximum Gasteiger partial charge on any atom is 0.123 e. The van der Waals surface area contributed by atoms with Gasteiger partial charge in [-0.3, -0.25) is 0 Å². The highest BCUT2D eigenvalue weighted by Gasteiger charge is 2.09. The van der Waals surface area contributed by atoms with Crippen LogP contribution in [0, 0.1) is 6.92 Å². The van der Waals surface area contributed by atoms with Crippen LogP contribution in [0.5, 0.6) is 5.75 Å². The van der Waals surface area contributed by atoms with E-state index < -0.39 is 0 Å². The van der Waals surface area contributed by atoms with Gasteiger partial charge in [-0.1, -0.05) is 12.1 Å². The Hall–Kier alpha value is -1.39. The molecule has 0 bridgehead atoms. The third-order valence-electron chi connectivity index (χ3n) is 2.58. The Labute approximate surface area is 105 Å². The maximum absolute atomic E-state index is 5.58. The van der Waals surface area contributed by atoms with E-state index in [9.17, 15) is 0 Å². The molecule has 0 saturated heterocycles. The molecule has 3 nitrogen and oxygen atoms in total. The zero-order chi connectivity index (χ0) is 12.3. The second kappa shape index (κ2) is 5.29. The third-order valence-corrected chi connectivity index (χ3v) is 3.85. The lowest BCUT2D eigenvalue weighted by Gasteiger charge is -2.00. The lowest BCUT2D eigenvalue weighted by Crippen LogP contribution is -2.01. The Kier molecular flexibility index (Phi) is 3.76. The Balaban J connectivity index is 2.35. The highest BCUT2D eigenvalue weighted by Crippen LogP contribution is 2.30. The Morgan fingerprint density at radius 2 is 2.24 bits per heavy atom. The number of ether oxygens (including phenoxy) is 1. The first-order valence-electron chi connectivity index (χ1n) is 5.55. The van der Waals surface area contributed by atoms with Gasteiger partial charge in [-0.15, -0.1) is 11.3 Å². The lowest BCUT2D eigenvalue weighted by molar-refractivity contribution is 0.415. The summed E-state index contributed by atoms with van der Waals surface area (Å²) in [5.74, 6) is 0.857. The van der Waals surface area contributed by atoms with Gasteiger partial charge < -0.3 is 10.5 Å². The van der Waals surface area contributed by atoms with Crippen molar-refractivity contribution in [1.29, 1.82) is 0 Å². The molecule has 17 heavy (non-hydrogen) atoms. The molecular formula is C13H16N2OS. The van der Waals surface area contributed by atoms with E-state index in [1.165, 1.54) is 4.88 Å². The summed E-state index contributed by atoms with van der Waals surface area (Å²) < 4.78 is 5.22. The second-order valence-electron chi connectivity index (χ2n) is 3.80. The lowest BCUT2D eigenvalue weighted by atomic mass is 10.2. The van der Waals surface area contributed by atoms with Crippen LogP contribution in [0.2, 0.25) is 0 Å². The minimum atomic E-state index is 0.667. The number of nitrogens with zero attached hydrogens (tertiary/aromatic N) is 1. The van der Waals surface area contributed by atoms with Gasteiger partial charge in [0.1, 0.15) is 10.8 Å². The largest absolute Gasteiger partial charge is 0.497 e. The van der Waals surface area contributed by atoms with Crippen LogP contribution >= 0.6 is 11.3 Å². The van der Waals surface area contributed by atoms with Gasteiger partial charge in [-0.2, -0.15) is 0 Å². The number of hydrogen-bond acceptors (Lipinski definition) is 4. The molecule has 2 N–H and O–H groups in total. The van der Waals surface area contributed by atoms with Gasteiger partial charge >= 0.3 is 0 Å². The fourth-order valence-corrected chi connectivity index (χ4v) is 2.74. The predicted octanol–water partition coefficient (Wildman–Crippen LogP) is 2.63. The van der Waals surface area contributed by atoms with Crippen molar-refractivity contribution in [2.45, 2.75) is 13.3 Å². The third kappa shape index (κ3) is 2.65. The fraction of sp³-hybridized carbons (Fsp3) is 0.308. The van der Waals surface area contributed by atoms with Crippen molar-refractivity contribution in [3.63, 3.8) is 0 Å². The van der Waals surface area contributed by atoms with E-state index in [1.54, 1.807) is 18.4 Å². The van der Waals surface area contributed by atoms with Gasteiger partial charge in [0.05, 0.1) is 12.8 Å². The molecule has 2 rings (SSSR count). The van der Waals surface area contributed by atoms with E-state index >= 15 is 0 Å². The summed E-state index contributed by atoms with van der Waals surface area (Å²) in [4.78, 5) is 5.85. The van der Waals surface area contributed by atoms with Crippen LogP contribution in [0.25, 0.3) is 10.6 Å². The van der Waals surface area contributed by atoms with Crippen LogP contribution in [0.4, 0.5) is 0 Å². The van der Waals surface area contributed by atoms with Crippen LogP contribution in [0.1, 0.15) is 10.6 Å². The molecule has 1 heterocycles. The van der Waals surface area contributed by atoms with Crippen LogP contribution in [0.3, 0.4) is 0 Å². The topological polar surface area (TPSA) is 48.1 Å². The van der Waals surface area contributed by atoms with Crippen molar-refractivity contribution in [2.75, 3.05) is 13.7 Å². The summed E-state index contributed by atoms with van der Waals surface area (Å²) in [5, 5.41) is 1.03. The molecule has 1 aromatic carbocycles. The first kappa shape index (κ1) is 12.1. The van der Waals surface area contributed by atoms with E-state index in [1.807, 2.05) is 31.2 Å². The number of rotatable bonds is 4. The zero-order valence-corrected chi connectivity index (χ0v) is 10.9. The number of methoxy groups -OCH3 is 1. The van der Waals surface area contributed by atoms with E-state index in [-0.39, 0.29) is 0 Å². The monoisotopic (exact) mass is 248 g/mol. The molecule has 0 fully saturated rings. The number of benzene rings is 1. The highest BCUT2D eigenvalue weighted by atomic mass is 32.1. The van der Waals surface area contributed by atoms with Crippen molar-refractivity contribution >= 4 is 11.3 Å². The number of hydrogen-bond donors (Lipinski definition) is 1. The summed E-state index contributed by atoms with van der Waals surface area (Å²) in [6, 6.07) is 7.97. The average molecular weight is 248 g/mol. The van der Waals surface area contributed by atoms with E-state index in [4.69, 9.17) is 10.5 Å². The van der Waals surface area contributed by atoms with Crippen molar-refractivity contribution in [2.24, 2.45) is 5.73 Å². The molecule has 1 aromatic heterocycles. The van der Waals surface area contributed by atoms with Crippen LogP contribution in [-0.2, 0) is 6.42 Å². The first-order chi connectivity index (χ1) is 8.24. The molecule has 90 valence electrons. The molecule has 0 amide bonds. The Morgan fingerprint density at radius 1 is 1.41 bits per heavy atom. The summed E-state index contributed by atoms with van der Waals surface area (Å²) in [5.41, 5.74) is 7.76. The Morgan fingerprint density at radius 3 is 2.94 bits per heavy atom. The smallest absolute Gasteiger partial charge is 0.123 e. The van der Waals surface area contributed by atoms with E-state index in [0.29, 0.717) is 6.54 Å². The summed E-state index contributed by atoms with van der Waals surface area (Å²) >= 11 is 1.71. The highest BCUT2D eigenvalue weighted by molar-refractivity contribution is 7.15. The van der Waals surface area contributed by atoms with Gasteiger partial charge in [-0.25, -0.2) is 4.98 Å². The number of nitrogens with two attached hydrogens (primary N) is 1. The van der Waals surface area contributed by atoms with Crippen LogP contribution in [0.15, 0.2) is 24.3 Å². The van der Waals surface area contributed by atoms with Crippen molar-refractivity contribution in [1.82, 2.24) is 4.98 Å². The first-order valence-corrected chi connectivity index (χ1v) is 6.37. The number of thiazole rings is 1. The average Bonchev–Trinajstić information content (AvgIpc) is 2.72. The number of aromatic nitrogens is 1. The molecular weight excluding hydrogens is 232 g/mol. The van der Waals surface area contributed by atoms with E-state index in [0.717, 1.165) is 28.4 Å². The maximum atomic E-state index is 5.58. The summed E-state index contributed by atoms with van der Waals surface area (Å²) in [6.07, 6.45) is 0.896. The molecule has 0 atom stereocenters. The number of aryl methyl sites for hydroxylation is 1. The minimum Gasteiger partial charge on any atom is -0.497 e. The standard InChI is InChI=1S/C13H16N2OS/c1-9-12(6-7-14)17-13(15-9)10-4-3-5-11(8-10)16-2/h3-5,8H,6-7,14H2,1-2H3. The SMILES string of the molecule is COc1cccc(-c2nc(C)c(CCN)s2)c1. The summed E-state index contributed by atoms with van der Waals surface area (Å²) in [6.45, 7) is 2.70. The molecule has 0 aliphatic heterocycles. The molecule has 0 aliphatic rings. The quantitative estimate of drug-likeness (QED) is 0.904. The zero-order valence-electron chi connectivity index (χ0n) is 10.1. The normalized spacial score (nSPS) is 10.5. The molecule has 0 unspecified atom stereocenters. The molecule has 0 spiro atoms. The van der Waals surface area contributed by atoms with Crippen LogP contribution < -0.4 is 10.5 Å². The molecule has 0 aliphatic carbocycles. The predicted molar refractivity (Wildman–Crippen MR) is 71.6 cm³/mol.